The number of amides is 2. The highest BCUT2D eigenvalue weighted by atomic mass is 16.2. The van der Waals surface area contributed by atoms with Crippen molar-refractivity contribution in [3.05, 3.63) is 65.2 Å². The van der Waals surface area contributed by atoms with Crippen LogP contribution in [-0.2, 0) is 11.3 Å². The summed E-state index contributed by atoms with van der Waals surface area (Å²) in [6.07, 6.45) is 1.71. The zero-order chi connectivity index (χ0) is 19.2. The molecule has 2 N–H and O–H groups in total. The largest absolute Gasteiger partial charge is 0.355 e. The number of benzene rings is 2. The van der Waals surface area contributed by atoms with Crippen molar-refractivity contribution in [2.24, 2.45) is 5.92 Å². The zero-order valence-corrected chi connectivity index (χ0v) is 16.0. The number of nitrogens with one attached hydrogen (secondary N) is 2. The van der Waals surface area contributed by atoms with Gasteiger partial charge >= 0.3 is 0 Å². The van der Waals surface area contributed by atoms with Crippen LogP contribution in [0, 0.1) is 12.8 Å². The topological polar surface area (TPSA) is 61.4 Å². The Morgan fingerprint density at radius 1 is 1.07 bits per heavy atom. The maximum Gasteiger partial charge on any atom is 0.251 e. The molecule has 1 aliphatic rings. The fourth-order valence-corrected chi connectivity index (χ4v) is 3.47. The van der Waals surface area contributed by atoms with Gasteiger partial charge in [-0.25, -0.2) is 0 Å². The second-order valence-electron chi connectivity index (χ2n) is 7.13. The van der Waals surface area contributed by atoms with E-state index in [2.05, 4.69) is 39.8 Å². The minimum absolute atomic E-state index is 0.0140. The molecule has 1 heterocycles. The summed E-state index contributed by atoms with van der Waals surface area (Å²) in [5.41, 5.74) is 3.53. The smallest absolute Gasteiger partial charge is 0.251 e. The molecule has 5 heteroatoms. The molecule has 0 bridgehead atoms. The number of anilines is 1. The van der Waals surface area contributed by atoms with Crippen molar-refractivity contribution in [1.82, 2.24) is 10.2 Å². The van der Waals surface area contributed by atoms with Crippen molar-refractivity contribution in [2.45, 2.75) is 26.3 Å². The molecule has 0 unspecified atom stereocenters. The van der Waals surface area contributed by atoms with E-state index in [1.807, 2.05) is 19.1 Å². The average molecular weight is 365 g/mol. The van der Waals surface area contributed by atoms with Gasteiger partial charge in [-0.3, -0.25) is 14.5 Å². The van der Waals surface area contributed by atoms with Crippen LogP contribution in [0.25, 0.3) is 0 Å². The highest BCUT2D eigenvalue weighted by Crippen LogP contribution is 2.23. The second kappa shape index (κ2) is 8.82. The van der Waals surface area contributed by atoms with Crippen LogP contribution in [0.5, 0.6) is 0 Å². The lowest BCUT2D eigenvalue weighted by Crippen LogP contribution is -2.37. The third-order valence-electron chi connectivity index (χ3n) is 5.19. The van der Waals surface area contributed by atoms with Crippen molar-refractivity contribution in [2.75, 3.05) is 25.5 Å². The van der Waals surface area contributed by atoms with Gasteiger partial charge in [0.25, 0.3) is 5.91 Å². The summed E-state index contributed by atoms with van der Waals surface area (Å²) in [5, 5.41) is 5.64. The van der Waals surface area contributed by atoms with Crippen molar-refractivity contribution in [3.63, 3.8) is 0 Å². The number of carbonyl (C=O) groups is 2. The fourth-order valence-electron chi connectivity index (χ4n) is 3.47. The van der Waals surface area contributed by atoms with E-state index in [9.17, 15) is 9.59 Å². The predicted octanol–water partition coefficient (Wildman–Crippen LogP) is 3.21. The van der Waals surface area contributed by atoms with Gasteiger partial charge in [-0.15, -0.1) is 0 Å². The van der Waals surface area contributed by atoms with E-state index in [0.717, 1.165) is 38.0 Å². The molecule has 0 aromatic heterocycles. The van der Waals surface area contributed by atoms with Gasteiger partial charge in [0.15, 0.2) is 0 Å². The standard InChI is InChI=1S/C22H27N3O2/c1-16-8-9-19(21(26)23-2)14-20(16)24-22(27)18-10-12-25(13-11-18)15-17-6-4-3-5-7-17/h3-9,14,18H,10-13,15H2,1-2H3,(H,23,26)(H,24,27). The number of hydrogen-bond acceptors (Lipinski definition) is 3. The average Bonchev–Trinajstić information content (AvgIpc) is 2.70. The minimum atomic E-state index is -0.153. The SMILES string of the molecule is CNC(=O)c1ccc(C)c(NC(=O)C2CCN(Cc3ccccc3)CC2)c1. The van der Waals surface area contributed by atoms with Gasteiger partial charge in [-0.05, 0) is 56.1 Å². The highest BCUT2D eigenvalue weighted by Gasteiger charge is 2.25. The summed E-state index contributed by atoms with van der Waals surface area (Å²) < 4.78 is 0. The van der Waals surface area contributed by atoms with E-state index in [4.69, 9.17) is 0 Å². The molecule has 2 aromatic rings. The lowest BCUT2D eigenvalue weighted by molar-refractivity contribution is -0.121. The van der Waals surface area contributed by atoms with Crippen LogP contribution in [0.15, 0.2) is 48.5 Å². The van der Waals surface area contributed by atoms with E-state index in [1.165, 1.54) is 5.56 Å². The molecule has 0 radical (unpaired) electrons. The third kappa shape index (κ3) is 4.95. The molecule has 1 fully saturated rings. The Hall–Kier alpha value is -2.66. The number of nitrogens with zero attached hydrogens (tertiary/aromatic N) is 1. The van der Waals surface area contributed by atoms with Gasteiger partial charge in [0, 0.05) is 30.8 Å². The Bertz CT molecular complexity index is 796. The number of carbonyl (C=O) groups excluding carboxylic acids is 2. The number of rotatable bonds is 5. The predicted molar refractivity (Wildman–Crippen MR) is 108 cm³/mol. The van der Waals surface area contributed by atoms with Gasteiger partial charge in [-0.1, -0.05) is 36.4 Å². The second-order valence-corrected chi connectivity index (χ2v) is 7.13. The molecule has 1 saturated heterocycles. The number of hydrogen-bond donors (Lipinski definition) is 2. The molecule has 2 aromatic carbocycles. The van der Waals surface area contributed by atoms with Gasteiger partial charge < -0.3 is 10.6 Å². The van der Waals surface area contributed by atoms with E-state index >= 15 is 0 Å². The van der Waals surface area contributed by atoms with Crippen LogP contribution in [0.3, 0.4) is 0 Å². The first-order valence-corrected chi connectivity index (χ1v) is 9.46. The van der Waals surface area contributed by atoms with Crippen LogP contribution in [-0.4, -0.2) is 36.9 Å². The number of piperidine rings is 1. The molecule has 1 aliphatic heterocycles. The van der Waals surface area contributed by atoms with Crippen molar-refractivity contribution in [1.29, 1.82) is 0 Å². The maximum atomic E-state index is 12.7. The summed E-state index contributed by atoms with van der Waals surface area (Å²) >= 11 is 0. The number of aryl methyl sites for hydroxylation is 1. The molecule has 27 heavy (non-hydrogen) atoms. The molecule has 3 rings (SSSR count). The Morgan fingerprint density at radius 2 is 1.78 bits per heavy atom. The molecule has 5 nitrogen and oxygen atoms in total. The van der Waals surface area contributed by atoms with Crippen molar-refractivity contribution < 1.29 is 9.59 Å². The molecule has 0 spiro atoms. The van der Waals surface area contributed by atoms with Crippen LogP contribution in [0.4, 0.5) is 5.69 Å². The van der Waals surface area contributed by atoms with Crippen LogP contribution in [0.1, 0.15) is 34.3 Å². The third-order valence-corrected chi connectivity index (χ3v) is 5.19. The zero-order valence-electron chi connectivity index (χ0n) is 16.0. The quantitative estimate of drug-likeness (QED) is 0.855. The summed E-state index contributed by atoms with van der Waals surface area (Å²) in [4.78, 5) is 26.9. The first-order chi connectivity index (χ1) is 13.1. The summed E-state index contributed by atoms with van der Waals surface area (Å²) in [5.74, 6) is -0.0914. The first kappa shape index (κ1) is 19.1. The van der Waals surface area contributed by atoms with Crippen LogP contribution in [0.2, 0.25) is 0 Å². The lowest BCUT2D eigenvalue weighted by Gasteiger charge is -2.31. The highest BCUT2D eigenvalue weighted by molar-refractivity contribution is 5.98. The normalized spacial score (nSPS) is 15.3. The van der Waals surface area contributed by atoms with Crippen LogP contribution >= 0.6 is 0 Å². The summed E-state index contributed by atoms with van der Waals surface area (Å²) in [7, 11) is 1.60. The Kier molecular flexibility index (Phi) is 6.24. The van der Waals surface area contributed by atoms with E-state index < -0.39 is 0 Å². The summed E-state index contributed by atoms with van der Waals surface area (Å²) in [6, 6.07) is 15.8. The Balaban J connectivity index is 1.56. The summed E-state index contributed by atoms with van der Waals surface area (Å²) in [6.45, 7) is 4.71. The van der Waals surface area contributed by atoms with Gasteiger partial charge in [0.05, 0.1) is 0 Å². The van der Waals surface area contributed by atoms with Crippen molar-refractivity contribution in [3.8, 4) is 0 Å². The van der Waals surface area contributed by atoms with E-state index in [-0.39, 0.29) is 17.7 Å². The monoisotopic (exact) mass is 365 g/mol. The molecule has 0 aliphatic carbocycles. The van der Waals surface area contributed by atoms with Gasteiger partial charge in [-0.2, -0.15) is 0 Å². The van der Waals surface area contributed by atoms with Crippen LogP contribution < -0.4 is 10.6 Å². The molecule has 2 amide bonds. The molecular formula is C22H27N3O2. The minimum Gasteiger partial charge on any atom is -0.355 e. The lowest BCUT2D eigenvalue weighted by atomic mass is 9.95. The first-order valence-electron chi connectivity index (χ1n) is 9.46. The molecule has 0 atom stereocenters. The van der Waals surface area contributed by atoms with E-state index in [0.29, 0.717) is 11.3 Å². The molecule has 0 saturated carbocycles. The Labute approximate surface area is 160 Å². The number of likely N-dealkylation sites (tertiary alicyclic amines) is 1. The van der Waals surface area contributed by atoms with Crippen molar-refractivity contribution >= 4 is 17.5 Å². The van der Waals surface area contributed by atoms with Gasteiger partial charge in [0.2, 0.25) is 5.91 Å². The van der Waals surface area contributed by atoms with E-state index in [1.54, 1.807) is 19.2 Å². The Morgan fingerprint density at radius 3 is 2.44 bits per heavy atom. The molecular weight excluding hydrogens is 338 g/mol. The fraction of sp³-hybridized carbons (Fsp3) is 0.364. The molecule has 142 valence electrons. The maximum absolute atomic E-state index is 12.7. The van der Waals surface area contributed by atoms with Gasteiger partial charge in [0.1, 0.15) is 0 Å².